The number of fused-ring (bicyclic) bond motifs is 2. The van der Waals surface area contributed by atoms with Gasteiger partial charge in [-0.3, -0.25) is 4.90 Å². The van der Waals surface area contributed by atoms with E-state index in [1.54, 1.807) is 0 Å². The Kier molecular flexibility index (Phi) is 6.04. The highest BCUT2D eigenvalue weighted by atomic mass is 32.2. The highest BCUT2D eigenvalue weighted by Crippen LogP contribution is 2.38. The van der Waals surface area contributed by atoms with Gasteiger partial charge in [0.1, 0.15) is 0 Å². The Bertz CT molecular complexity index is 973. The fourth-order valence-corrected chi connectivity index (χ4v) is 5.73. The molecule has 2 amide bonds. The molecule has 2 aliphatic carbocycles. The number of nitrogens with one attached hydrogen (secondary N) is 2. The molecule has 0 saturated carbocycles. The zero-order valence-corrected chi connectivity index (χ0v) is 17.9. The molecule has 0 radical (unpaired) electrons. The fourth-order valence-electron chi connectivity index (χ4n) is 4.96. The van der Waals surface area contributed by atoms with E-state index in [2.05, 4.69) is 11.4 Å². The van der Waals surface area contributed by atoms with Crippen molar-refractivity contribution in [3.8, 4) is 0 Å². The standard InChI is InChI=1S/C21H26F3N3O3S/c22-21(23,24)13-27-10-3-6-16(27)9-11-31(29,30)26-20(28)25-19-17-7-1-4-14(17)12-15-5-2-8-18(15)19/h9,11-12,16H,1-8,10,13H2,(H2,25,26,28)/b11-9+. The second-order valence-corrected chi connectivity index (χ2v) is 10.0. The van der Waals surface area contributed by atoms with Gasteiger partial charge in [-0.25, -0.2) is 17.9 Å². The zero-order chi connectivity index (χ0) is 22.2. The summed E-state index contributed by atoms with van der Waals surface area (Å²) in [6.45, 7) is -0.826. The summed E-state index contributed by atoms with van der Waals surface area (Å²) >= 11 is 0. The number of carbonyl (C=O) groups is 1. The number of hydrogen-bond acceptors (Lipinski definition) is 4. The molecular weight excluding hydrogens is 431 g/mol. The van der Waals surface area contributed by atoms with E-state index in [1.165, 1.54) is 22.1 Å². The van der Waals surface area contributed by atoms with E-state index >= 15 is 0 Å². The Balaban J connectivity index is 1.43. The molecule has 31 heavy (non-hydrogen) atoms. The maximum atomic E-state index is 12.7. The number of carbonyl (C=O) groups excluding carboxylic acids is 1. The van der Waals surface area contributed by atoms with Gasteiger partial charge in [0.15, 0.2) is 0 Å². The van der Waals surface area contributed by atoms with Gasteiger partial charge in [-0.1, -0.05) is 12.1 Å². The van der Waals surface area contributed by atoms with Crippen molar-refractivity contribution in [2.45, 2.75) is 63.6 Å². The molecule has 0 spiro atoms. The van der Waals surface area contributed by atoms with Crippen LogP contribution >= 0.6 is 0 Å². The minimum Gasteiger partial charge on any atom is -0.307 e. The van der Waals surface area contributed by atoms with Crippen LogP contribution in [0.25, 0.3) is 0 Å². The molecule has 10 heteroatoms. The number of nitrogens with zero attached hydrogens (tertiary/aromatic N) is 1. The Hall–Kier alpha value is -2.07. The molecule has 0 aromatic heterocycles. The van der Waals surface area contributed by atoms with Crippen LogP contribution in [0.3, 0.4) is 0 Å². The Morgan fingerprint density at radius 3 is 2.35 bits per heavy atom. The lowest BCUT2D eigenvalue weighted by Crippen LogP contribution is -2.37. The van der Waals surface area contributed by atoms with E-state index in [4.69, 9.17) is 0 Å². The number of urea groups is 1. The number of benzene rings is 1. The summed E-state index contributed by atoms with van der Waals surface area (Å²) in [5, 5.41) is 3.54. The largest absolute Gasteiger partial charge is 0.401 e. The van der Waals surface area contributed by atoms with E-state index in [0.29, 0.717) is 12.8 Å². The smallest absolute Gasteiger partial charge is 0.307 e. The van der Waals surface area contributed by atoms with Crippen LogP contribution in [-0.2, 0) is 35.7 Å². The third kappa shape index (κ3) is 5.23. The number of alkyl halides is 3. The van der Waals surface area contributed by atoms with Crippen molar-refractivity contribution in [3.05, 3.63) is 39.8 Å². The summed E-state index contributed by atoms with van der Waals surface area (Å²) in [5.41, 5.74) is 5.32. The van der Waals surface area contributed by atoms with Gasteiger partial charge in [0.2, 0.25) is 0 Å². The molecular formula is C21H26F3N3O3S. The number of halogens is 3. The molecule has 1 atom stereocenters. The minimum absolute atomic E-state index is 0.257. The maximum Gasteiger partial charge on any atom is 0.401 e. The predicted molar refractivity (Wildman–Crippen MR) is 111 cm³/mol. The number of aryl methyl sites for hydroxylation is 2. The minimum atomic E-state index is -4.34. The SMILES string of the molecule is O=C(Nc1c2c(cc3c1CCC3)CCC2)NS(=O)(=O)/C=C/C1CCCN1CC(F)(F)F. The highest BCUT2D eigenvalue weighted by molar-refractivity contribution is 7.92. The van der Waals surface area contributed by atoms with Crippen molar-refractivity contribution >= 4 is 21.7 Å². The lowest BCUT2D eigenvalue weighted by Gasteiger charge is -2.22. The van der Waals surface area contributed by atoms with E-state index < -0.39 is 34.8 Å². The van der Waals surface area contributed by atoms with E-state index in [1.807, 2.05) is 4.72 Å². The number of likely N-dealkylation sites (tertiary alicyclic amines) is 1. The van der Waals surface area contributed by atoms with Crippen molar-refractivity contribution < 1.29 is 26.4 Å². The van der Waals surface area contributed by atoms with Crippen LogP contribution in [-0.4, -0.2) is 44.7 Å². The summed E-state index contributed by atoms with van der Waals surface area (Å²) in [6.07, 6.45) is 3.50. The zero-order valence-electron chi connectivity index (χ0n) is 17.1. The molecule has 1 aromatic rings. The average Bonchev–Trinajstić information content (AvgIpc) is 3.38. The van der Waals surface area contributed by atoms with Gasteiger partial charge < -0.3 is 5.32 Å². The molecule has 0 bridgehead atoms. The van der Waals surface area contributed by atoms with Gasteiger partial charge in [-0.15, -0.1) is 0 Å². The normalized spacial score (nSPS) is 21.5. The number of rotatable bonds is 5. The highest BCUT2D eigenvalue weighted by Gasteiger charge is 2.35. The summed E-state index contributed by atoms with van der Waals surface area (Å²) in [6, 6.07) is 0.737. The first-order chi connectivity index (χ1) is 14.6. The molecule has 1 unspecified atom stereocenters. The van der Waals surface area contributed by atoms with Crippen LogP contribution in [0, 0.1) is 0 Å². The third-order valence-corrected chi connectivity index (χ3v) is 7.21. The van der Waals surface area contributed by atoms with E-state index in [-0.39, 0.29) is 6.54 Å². The number of amides is 2. The molecule has 1 aliphatic heterocycles. The number of sulfonamides is 1. The molecule has 1 fully saturated rings. The molecule has 170 valence electrons. The molecule has 1 heterocycles. The van der Waals surface area contributed by atoms with Crippen LogP contribution in [0.4, 0.5) is 23.7 Å². The maximum absolute atomic E-state index is 12.7. The first kappa shape index (κ1) is 22.1. The average molecular weight is 458 g/mol. The Morgan fingerprint density at radius 1 is 1.10 bits per heavy atom. The third-order valence-electron chi connectivity index (χ3n) is 6.22. The van der Waals surface area contributed by atoms with Crippen molar-refractivity contribution in [1.82, 2.24) is 9.62 Å². The first-order valence-electron chi connectivity index (χ1n) is 10.6. The summed E-state index contributed by atoms with van der Waals surface area (Å²) in [7, 11) is -4.13. The molecule has 6 nitrogen and oxygen atoms in total. The van der Waals surface area contributed by atoms with Crippen molar-refractivity contribution in [2.75, 3.05) is 18.4 Å². The molecule has 2 N–H and O–H groups in total. The number of hydrogen-bond donors (Lipinski definition) is 2. The number of anilines is 1. The second-order valence-electron chi connectivity index (χ2n) is 8.46. The quantitative estimate of drug-likeness (QED) is 0.708. The van der Waals surface area contributed by atoms with Crippen LogP contribution in [0.15, 0.2) is 17.6 Å². The predicted octanol–water partition coefficient (Wildman–Crippen LogP) is 3.66. The lowest BCUT2D eigenvalue weighted by atomic mass is 9.99. The second kappa shape index (κ2) is 8.46. The molecule has 1 saturated heterocycles. The van der Waals surface area contributed by atoms with Gasteiger partial charge in [-0.05, 0) is 80.2 Å². The van der Waals surface area contributed by atoms with E-state index in [0.717, 1.165) is 60.7 Å². The van der Waals surface area contributed by atoms with Crippen LogP contribution in [0.1, 0.15) is 47.9 Å². The van der Waals surface area contributed by atoms with Crippen LogP contribution < -0.4 is 10.0 Å². The topological polar surface area (TPSA) is 78.5 Å². The van der Waals surface area contributed by atoms with Gasteiger partial charge in [0.25, 0.3) is 10.0 Å². The first-order valence-corrected chi connectivity index (χ1v) is 12.2. The van der Waals surface area contributed by atoms with Gasteiger partial charge in [0.05, 0.1) is 6.54 Å². The van der Waals surface area contributed by atoms with Crippen molar-refractivity contribution in [2.24, 2.45) is 0 Å². The van der Waals surface area contributed by atoms with Crippen LogP contribution in [0.2, 0.25) is 0 Å². The van der Waals surface area contributed by atoms with Crippen LogP contribution in [0.5, 0.6) is 0 Å². The monoisotopic (exact) mass is 457 g/mol. The Morgan fingerprint density at radius 2 is 1.74 bits per heavy atom. The molecule has 1 aromatic carbocycles. The fraction of sp³-hybridized carbons (Fsp3) is 0.571. The lowest BCUT2D eigenvalue weighted by molar-refractivity contribution is -0.145. The van der Waals surface area contributed by atoms with Gasteiger partial charge in [-0.2, -0.15) is 13.2 Å². The summed E-state index contributed by atoms with van der Waals surface area (Å²) < 4.78 is 64.7. The van der Waals surface area contributed by atoms with Gasteiger partial charge >= 0.3 is 12.2 Å². The summed E-state index contributed by atoms with van der Waals surface area (Å²) in [4.78, 5) is 13.7. The van der Waals surface area contributed by atoms with E-state index in [9.17, 15) is 26.4 Å². The van der Waals surface area contributed by atoms with Gasteiger partial charge in [0, 0.05) is 17.1 Å². The molecule has 3 aliphatic rings. The summed E-state index contributed by atoms with van der Waals surface area (Å²) in [5.74, 6) is 0. The van der Waals surface area contributed by atoms with Crippen molar-refractivity contribution in [1.29, 1.82) is 0 Å². The Labute approximate surface area is 179 Å². The molecule has 4 rings (SSSR count). The van der Waals surface area contributed by atoms with Crippen molar-refractivity contribution in [3.63, 3.8) is 0 Å².